The Morgan fingerprint density at radius 3 is 2.50 bits per heavy atom. The van der Waals surface area contributed by atoms with E-state index >= 15 is 0 Å². The summed E-state index contributed by atoms with van der Waals surface area (Å²) in [6.07, 6.45) is -0.234. The van der Waals surface area contributed by atoms with Crippen molar-refractivity contribution < 1.29 is 13.5 Å². The molecule has 1 fully saturated rings. The normalized spacial score (nSPS) is 26.6. The third-order valence-corrected chi connectivity index (χ3v) is 3.45. The van der Waals surface area contributed by atoms with Gasteiger partial charge in [0.2, 0.25) is 0 Å². The molecular weight excluding hydrogens is 236 g/mol. The van der Waals surface area contributed by atoms with Crippen LogP contribution in [0.3, 0.4) is 0 Å². The zero-order valence-electron chi connectivity index (χ0n) is 8.77. The first-order valence-corrected chi connectivity index (χ1v) is 5.26. The Balaban J connectivity index is 2.42. The highest BCUT2D eigenvalue weighted by Crippen LogP contribution is 2.62. The summed E-state index contributed by atoms with van der Waals surface area (Å²) in [6.45, 7) is -0.105. The van der Waals surface area contributed by atoms with Crippen molar-refractivity contribution in [2.75, 3.05) is 13.7 Å². The van der Waals surface area contributed by atoms with E-state index in [1.807, 2.05) is 0 Å². The van der Waals surface area contributed by atoms with Gasteiger partial charge in [0.25, 0.3) is 5.92 Å². The van der Waals surface area contributed by atoms with Gasteiger partial charge in [0, 0.05) is 18.0 Å². The molecule has 1 aromatic rings. The van der Waals surface area contributed by atoms with Crippen LogP contribution in [0, 0.1) is 0 Å². The second-order valence-electron chi connectivity index (χ2n) is 4.01. The highest BCUT2D eigenvalue weighted by atomic mass is 35.5. The molecule has 2 rings (SSSR count). The smallest absolute Gasteiger partial charge is 0.260 e. The van der Waals surface area contributed by atoms with E-state index in [9.17, 15) is 8.78 Å². The molecule has 0 heterocycles. The molecule has 1 aliphatic rings. The molecular formula is C11H12ClF2NO. The summed E-state index contributed by atoms with van der Waals surface area (Å²) < 4.78 is 31.6. The Morgan fingerprint density at radius 2 is 2.12 bits per heavy atom. The highest BCUT2D eigenvalue weighted by Gasteiger charge is 2.71. The van der Waals surface area contributed by atoms with Crippen LogP contribution in [0.15, 0.2) is 18.2 Å². The number of nitrogens with two attached hydrogens (primary N) is 1. The van der Waals surface area contributed by atoms with Crippen LogP contribution in [0.25, 0.3) is 0 Å². The maximum absolute atomic E-state index is 13.3. The number of benzene rings is 1. The van der Waals surface area contributed by atoms with Gasteiger partial charge in [-0.3, -0.25) is 0 Å². The van der Waals surface area contributed by atoms with Crippen LogP contribution >= 0.6 is 11.6 Å². The van der Waals surface area contributed by atoms with Crippen LogP contribution in [0.2, 0.25) is 5.02 Å². The molecule has 1 saturated carbocycles. The third-order valence-electron chi connectivity index (χ3n) is 3.14. The van der Waals surface area contributed by atoms with Gasteiger partial charge in [0.05, 0.1) is 12.5 Å². The average Bonchev–Trinajstić information content (AvgIpc) is 2.81. The molecule has 1 atom stereocenters. The maximum atomic E-state index is 13.3. The Kier molecular flexibility index (Phi) is 2.59. The van der Waals surface area contributed by atoms with E-state index in [0.29, 0.717) is 11.3 Å². The van der Waals surface area contributed by atoms with Gasteiger partial charge < -0.3 is 10.5 Å². The van der Waals surface area contributed by atoms with E-state index in [0.717, 1.165) is 0 Å². The summed E-state index contributed by atoms with van der Waals surface area (Å²) in [5.74, 6) is -2.20. The minimum absolute atomic E-state index is 0.105. The molecule has 0 amide bonds. The zero-order chi connectivity index (χ0) is 12.0. The summed E-state index contributed by atoms with van der Waals surface area (Å²) >= 11 is 5.97. The Morgan fingerprint density at radius 1 is 1.50 bits per heavy atom. The van der Waals surface area contributed by atoms with Crippen molar-refractivity contribution in [2.24, 2.45) is 5.73 Å². The first-order chi connectivity index (χ1) is 7.47. The van der Waals surface area contributed by atoms with E-state index in [4.69, 9.17) is 22.1 Å². The molecule has 88 valence electrons. The van der Waals surface area contributed by atoms with Crippen molar-refractivity contribution in [2.45, 2.75) is 17.8 Å². The fraction of sp³-hybridized carbons (Fsp3) is 0.455. The van der Waals surface area contributed by atoms with Crippen LogP contribution in [-0.2, 0) is 5.41 Å². The van der Waals surface area contributed by atoms with E-state index in [-0.39, 0.29) is 18.0 Å². The van der Waals surface area contributed by atoms with Crippen molar-refractivity contribution in [3.63, 3.8) is 0 Å². The van der Waals surface area contributed by atoms with Crippen molar-refractivity contribution >= 4 is 11.6 Å². The summed E-state index contributed by atoms with van der Waals surface area (Å²) in [7, 11) is 1.50. The fourth-order valence-electron chi connectivity index (χ4n) is 1.97. The molecule has 0 aliphatic heterocycles. The second kappa shape index (κ2) is 3.57. The van der Waals surface area contributed by atoms with Crippen molar-refractivity contribution in [3.8, 4) is 5.75 Å². The van der Waals surface area contributed by atoms with Crippen molar-refractivity contribution in [1.82, 2.24) is 0 Å². The molecule has 0 spiro atoms. The summed E-state index contributed by atoms with van der Waals surface area (Å²) in [6, 6.07) is 4.71. The summed E-state index contributed by atoms with van der Waals surface area (Å²) in [5, 5.41) is 0.280. The maximum Gasteiger partial charge on any atom is 0.260 e. The number of rotatable bonds is 3. The monoisotopic (exact) mass is 247 g/mol. The average molecular weight is 248 g/mol. The largest absolute Gasteiger partial charge is 0.497 e. The standard InChI is InChI=1S/C11H12ClF2NO/c1-16-7-2-3-8(9(12)4-7)10(6-15)5-11(10,13)14/h2-4H,5-6,15H2,1H3. The number of alkyl halides is 2. The predicted molar refractivity (Wildman–Crippen MR) is 58.3 cm³/mol. The van der Waals surface area contributed by atoms with Crippen LogP contribution < -0.4 is 10.5 Å². The van der Waals surface area contributed by atoms with Crippen molar-refractivity contribution in [1.29, 1.82) is 0 Å². The molecule has 1 aliphatic carbocycles. The minimum Gasteiger partial charge on any atom is -0.497 e. The van der Waals surface area contributed by atoms with Gasteiger partial charge in [0.15, 0.2) is 0 Å². The molecule has 5 heteroatoms. The van der Waals surface area contributed by atoms with E-state index in [1.54, 1.807) is 12.1 Å². The number of ether oxygens (including phenoxy) is 1. The van der Waals surface area contributed by atoms with Crippen LogP contribution in [-0.4, -0.2) is 19.6 Å². The molecule has 1 unspecified atom stereocenters. The lowest BCUT2D eigenvalue weighted by Crippen LogP contribution is -2.27. The lowest BCUT2D eigenvalue weighted by molar-refractivity contribution is 0.0896. The molecule has 2 N–H and O–H groups in total. The number of halogens is 3. The molecule has 0 radical (unpaired) electrons. The zero-order valence-corrected chi connectivity index (χ0v) is 9.52. The van der Waals surface area contributed by atoms with E-state index in [1.165, 1.54) is 13.2 Å². The fourth-order valence-corrected chi connectivity index (χ4v) is 2.32. The predicted octanol–water partition coefficient (Wildman–Crippen LogP) is 2.58. The molecule has 16 heavy (non-hydrogen) atoms. The molecule has 0 bridgehead atoms. The molecule has 2 nitrogen and oxygen atoms in total. The first kappa shape index (κ1) is 11.6. The van der Waals surface area contributed by atoms with Gasteiger partial charge in [-0.25, -0.2) is 8.78 Å². The highest BCUT2D eigenvalue weighted by molar-refractivity contribution is 6.31. The van der Waals surface area contributed by atoms with Crippen LogP contribution in [0.1, 0.15) is 12.0 Å². The number of methoxy groups -OCH3 is 1. The van der Waals surface area contributed by atoms with E-state index in [2.05, 4.69) is 0 Å². The molecule has 1 aromatic carbocycles. The van der Waals surface area contributed by atoms with Crippen LogP contribution in [0.4, 0.5) is 8.78 Å². The summed E-state index contributed by atoms with van der Waals surface area (Å²) in [4.78, 5) is 0. The minimum atomic E-state index is -2.75. The SMILES string of the molecule is COc1ccc(C2(CN)CC2(F)F)c(Cl)c1. The van der Waals surface area contributed by atoms with Gasteiger partial charge in [0.1, 0.15) is 5.75 Å². The number of hydrogen-bond acceptors (Lipinski definition) is 2. The number of hydrogen-bond donors (Lipinski definition) is 1. The lowest BCUT2D eigenvalue weighted by atomic mass is 9.95. The van der Waals surface area contributed by atoms with Gasteiger partial charge in [-0.1, -0.05) is 17.7 Å². The lowest BCUT2D eigenvalue weighted by Gasteiger charge is -2.16. The molecule has 0 saturated heterocycles. The Hall–Kier alpha value is -0.870. The second-order valence-corrected chi connectivity index (χ2v) is 4.42. The topological polar surface area (TPSA) is 35.2 Å². The quantitative estimate of drug-likeness (QED) is 0.891. The third kappa shape index (κ3) is 1.48. The van der Waals surface area contributed by atoms with Gasteiger partial charge >= 0.3 is 0 Å². The van der Waals surface area contributed by atoms with Gasteiger partial charge in [-0.2, -0.15) is 0 Å². The Bertz CT molecular complexity index is 424. The van der Waals surface area contributed by atoms with Crippen LogP contribution in [0.5, 0.6) is 5.75 Å². The van der Waals surface area contributed by atoms with E-state index < -0.39 is 11.3 Å². The van der Waals surface area contributed by atoms with Gasteiger partial charge in [-0.05, 0) is 17.7 Å². The summed E-state index contributed by atoms with van der Waals surface area (Å²) in [5.41, 5.74) is 4.57. The first-order valence-electron chi connectivity index (χ1n) is 4.89. The van der Waals surface area contributed by atoms with Crippen molar-refractivity contribution in [3.05, 3.63) is 28.8 Å². The Labute approximate surface area is 97.3 Å². The van der Waals surface area contributed by atoms with Gasteiger partial charge in [-0.15, -0.1) is 0 Å². The molecule has 0 aromatic heterocycles.